The van der Waals surface area contributed by atoms with Crippen LogP contribution in [0.5, 0.6) is 0 Å². The summed E-state index contributed by atoms with van der Waals surface area (Å²) in [6, 6.07) is 9.56. The average Bonchev–Trinajstić information content (AvgIpc) is 2.88. The Morgan fingerprint density at radius 2 is 2.09 bits per heavy atom. The molecule has 1 fully saturated rings. The smallest absolute Gasteiger partial charge is 0.226 e. The summed E-state index contributed by atoms with van der Waals surface area (Å²) in [4.78, 5) is 26.5. The molecular formula is C17H24N2O3. The normalized spacial score (nSPS) is 21.2. The molecule has 1 aromatic rings. The van der Waals surface area contributed by atoms with Crippen molar-refractivity contribution in [2.75, 3.05) is 26.8 Å². The Morgan fingerprint density at radius 1 is 1.36 bits per heavy atom. The Labute approximate surface area is 131 Å². The highest BCUT2D eigenvalue weighted by atomic mass is 16.5. The van der Waals surface area contributed by atoms with Gasteiger partial charge in [-0.25, -0.2) is 0 Å². The third kappa shape index (κ3) is 3.65. The second-order valence-electron chi connectivity index (χ2n) is 5.54. The van der Waals surface area contributed by atoms with Gasteiger partial charge in [-0.2, -0.15) is 0 Å². The Hall–Kier alpha value is -1.88. The van der Waals surface area contributed by atoms with E-state index in [0.717, 1.165) is 12.0 Å². The molecule has 1 aromatic carbocycles. The van der Waals surface area contributed by atoms with Crippen molar-refractivity contribution in [2.45, 2.75) is 25.8 Å². The molecule has 1 saturated heterocycles. The number of carbonyl (C=O) groups is 2. The third-order valence-electron chi connectivity index (χ3n) is 4.00. The zero-order valence-electron chi connectivity index (χ0n) is 13.2. The maximum atomic E-state index is 12.4. The highest BCUT2D eigenvalue weighted by Crippen LogP contribution is 2.38. The Balaban J connectivity index is 2.24. The number of ether oxygens (including phenoxy) is 1. The SMILES string of the molecule is CCCNC(=O)[C@@H]1CC(=O)N(CCOC)[C@H]1c1ccccc1. The van der Waals surface area contributed by atoms with Crippen LogP contribution in [-0.2, 0) is 14.3 Å². The summed E-state index contributed by atoms with van der Waals surface area (Å²) in [6.45, 7) is 3.63. The van der Waals surface area contributed by atoms with Gasteiger partial charge in [-0.1, -0.05) is 37.3 Å². The van der Waals surface area contributed by atoms with E-state index >= 15 is 0 Å². The zero-order chi connectivity index (χ0) is 15.9. The van der Waals surface area contributed by atoms with Crippen molar-refractivity contribution in [3.05, 3.63) is 35.9 Å². The molecule has 0 radical (unpaired) electrons. The number of amides is 2. The largest absolute Gasteiger partial charge is 0.383 e. The number of nitrogens with zero attached hydrogens (tertiary/aromatic N) is 1. The molecule has 1 aliphatic rings. The van der Waals surface area contributed by atoms with Crippen molar-refractivity contribution in [3.63, 3.8) is 0 Å². The first-order valence-electron chi connectivity index (χ1n) is 7.80. The van der Waals surface area contributed by atoms with Gasteiger partial charge in [-0.15, -0.1) is 0 Å². The van der Waals surface area contributed by atoms with E-state index in [2.05, 4.69) is 5.32 Å². The average molecular weight is 304 g/mol. The van der Waals surface area contributed by atoms with Gasteiger partial charge in [0.25, 0.3) is 0 Å². The van der Waals surface area contributed by atoms with Crippen LogP contribution in [-0.4, -0.2) is 43.5 Å². The fourth-order valence-electron chi connectivity index (χ4n) is 2.92. The summed E-state index contributed by atoms with van der Waals surface area (Å²) in [7, 11) is 1.61. The van der Waals surface area contributed by atoms with Crippen LogP contribution in [0.3, 0.4) is 0 Å². The summed E-state index contributed by atoms with van der Waals surface area (Å²) in [6.07, 6.45) is 1.15. The molecule has 5 heteroatoms. The van der Waals surface area contributed by atoms with Gasteiger partial charge < -0.3 is 15.0 Å². The summed E-state index contributed by atoms with van der Waals surface area (Å²) < 4.78 is 5.10. The molecule has 2 rings (SSSR count). The van der Waals surface area contributed by atoms with Gasteiger partial charge in [0.1, 0.15) is 0 Å². The van der Waals surface area contributed by atoms with Crippen LogP contribution in [0.15, 0.2) is 30.3 Å². The van der Waals surface area contributed by atoms with Gasteiger partial charge in [0.15, 0.2) is 0 Å². The maximum Gasteiger partial charge on any atom is 0.226 e. The molecule has 0 unspecified atom stereocenters. The lowest BCUT2D eigenvalue weighted by molar-refractivity contribution is -0.129. The van der Waals surface area contributed by atoms with Gasteiger partial charge >= 0.3 is 0 Å². The van der Waals surface area contributed by atoms with E-state index < -0.39 is 0 Å². The van der Waals surface area contributed by atoms with Crippen LogP contribution >= 0.6 is 0 Å². The molecular weight excluding hydrogens is 280 g/mol. The van der Waals surface area contributed by atoms with E-state index in [1.54, 1.807) is 12.0 Å². The monoisotopic (exact) mass is 304 g/mol. The van der Waals surface area contributed by atoms with Crippen LogP contribution in [0.2, 0.25) is 0 Å². The first-order valence-corrected chi connectivity index (χ1v) is 7.80. The van der Waals surface area contributed by atoms with Gasteiger partial charge in [0, 0.05) is 26.6 Å². The molecule has 5 nitrogen and oxygen atoms in total. The van der Waals surface area contributed by atoms with Crippen molar-refractivity contribution in [1.82, 2.24) is 10.2 Å². The van der Waals surface area contributed by atoms with Crippen molar-refractivity contribution in [3.8, 4) is 0 Å². The number of hydrogen-bond acceptors (Lipinski definition) is 3. The highest BCUT2D eigenvalue weighted by molar-refractivity contribution is 5.90. The third-order valence-corrected chi connectivity index (χ3v) is 4.00. The fraction of sp³-hybridized carbons (Fsp3) is 0.529. The van der Waals surface area contributed by atoms with Gasteiger partial charge in [-0.05, 0) is 12.0 Å². The highest BCUT2D eigenvalue weighted by Gasteiger charge is 2.43. The lowest BCUT2D eigenvalue weighted by Crippen LogP contribution is -2.37. The molecule has 0 bridgehead atoms. The predicted octanol–water partition coefficient (Wildman–Crippen LogP) is 1.75. The lowest BCUT2D eigenvalue weighted by Gasteiger charge is -2.28. The molecule has 1 aliphatic heterocycles. The summed E-state index contributed by atoms with van der Waals surface area (Å²) in [5, 5.41) is 2.92. The van der Waals surface area contributed by atoms with Crippen LogP contribution in [0, 0.1) is 5.92 Å². The van der Waals surface area contributed by atoms with Crippen LogP contribution in [0.1, 0.15) is 31.4 Å². The van der Waals surface area contributed by atoms with E-state index in [4.69, 9.17) is 4.74 Å². The number of carbonyl (C=O) groups excluding carboxylic acids is 2. The minimum Gasteiger partial charge on any atom is -0.383 e. The standard InChI is InChI=1S/C17H24N2O3/c1-3-9-18-17(21)14-12-15(20)19(10-11-22-2)16(14)13-7-5-4-6-8-13/h4-8,14,16H,3,9-12H2,1-2H3,(H,18,21)/t14-,16+/m1/s1. The van der Waals surface area contributed by atoms with Crippen LogP contribution < -0.4 is 5.32 Å². The second-order valence-corrected chi connectivity index (χ2v) is 5.54. The van der Waals surface area contributed by atoms with E-state index in [0.29, 0.717) is 19.7 Å². The van der Waals surface area contributed by atoms with Crippen molar-refractivity contribution < 1.29 is 14.3 Å². The maximum absolute atomic E-state index is 12.4. The summed E-state index contributed by atoms with van der Waals surface area (Å²) in [5.74, 6) is -0.357. The minimum atomic E-state index is -0.335. The second kappa shape index (κ2) is 7.94. The van der Waals surface area contributed by atoms with Gasteiger partial charge in [-0.3, -0.25) is 9.59 Å². The van der Waals surface area contributed by atoms with Crippen molar-refractivity contribution in [1.29, 1.82) is 0 Å². The number of rotatable bonds is 7. The van der Waals surface area contributed by atoms with E-state index in [1.807, 2.05) is 37.3 Å². The van der Waals surface area contributed by atoms with Crippen molar-refractivity contribution >= 4 is 11.8 Å². The molecule has 2 atom stereocenters. The van der Waals surface area contributed by atoms with E-state index in [1.165, 1.54) is 0 Å². The first kappa shape index (κ1) is 16.5. The quantitative estimate of drug-likeness (QED) is 0.835. The number of nitrogens with one attached hydrogen (secondary N) is 1. The summed E-state index contributed by atoms with van der Waals surface area (Å²) in [5.41, 5.74) is 1.00. The molecule has 22 heavy (non-hydrogen) atoms. The molecule has 0 spiro atoms. The topological polar surface area (TPSA) is 58.6 Å². The number of likely N-dealkylation sites (tertiary alicyclic amines) is 1. The summed E-state index contributed by atoms with van der Waals surface area (Å²) >= 11 is 0. The molecule has 1 heterocycles. The molecule has 0 aliphatic carbocycles. The van der Waals surface area contributed by atoms with Crippen molar-refractivity contribution in [2.24, 2.45) is 5.92 Å². The molecule has 1 N–H and O–H groups in total. The fourth-order valence-corrected chi connectivity index (χ4v) is 2.92. The number of benzene rings is 1. The van der Waals surface area contributed by atoms with Gasteiger partial charge in [0.05, 0.1) is 18.6 Å². The minimum absolute atomic E-state index is 0.0163. The van der Waals surface area contributed by atoms with Gasteiger partial charge in [0.2, 0.25) is 11.8 Å². The predicted molar refractivity (Wildman–Crippen MR) is 84.2 cm³/mol. The van der Waals surface area contributed by atoms with Crippen LogP contribution in [0.25, 0.3) is 0 Å². The van der Waals surface area contributed by atoms with E-state index in [9.17, 15) is 9.59 Å². The molecule has 0 aromatic heterocycles. The Morgan fingerprint density at radius 3 is 2.73 bits per heavy atom. The van der Waals surface area contributed by atoms with Crippen LogP contribution in [0.4, 0.5) is 0 Å². The van der Waals surface area contributed by atoms with E-state index in [-0.39, 0.29) is 30.2 Å². The zero-order valence-corrected chi connectivity index (χ0v) is 13.2. The Bertz CT molecular complexity index is 504. The molecule has 2 amide bonds. The first-order chi connectivity index (χ1) is 10.7. The number of methoxy groups -OCH3 is 1. The lowest BCUT2D eigenvalue weighted by atomic mass is 9.93. The molecule has 0 saturated carbocycles. The molecule has 120 valence electrons. The Kier molecular flexibility index (Phi) is 5.95. The number of hydrogen-bond donors (Lipinski definition) is 1.